The van der Waals surface area contributed by atoms with Gasteiger partial charge in [0.05, 0.1) is 5.56 Å². The number of rotatable bonds is 2. The number of aromatic nitrogens is 1. The molecular weight excluding hydrogens is 326 g/mol. The fraction of sp³-hybridized carbons (Fsp3) is 0.429. The van der Waals surface area contributed by atoms with E-state index in [1.54, 1.807) is 0 Å². The zero-order valence-corrected chi connectivity index (χ0v) is 15.3. The molecule has 26 heavy (non-hydrogen) atoms. The third kappa shape index (κ3) is 3.26. The Morgan fingerprint density at radius 3 is 2.19 bits per heavy atom. The highest BCUT2D eigenvalue weighted by atomic mass is 16.2. The van der Waals surface area contributed by atoms with Crippen LogP contribution in [0.2, 0.25) is 0 Å². The van der Waals surface area contributed by atoms with E-state index in [0.717, 1.165) is 24.8 Å². The molecule has 5 nitrogen and oxygen atoms in total. The van der Waals surface area contributed by atoms with Crippen LogP contribution in [0.1, 0.15) is 44.7 Å². The molecule has 0 unspecified atom stereocenters. The Balaban J connectivity index is 1.43. The third-order valence-corrected chi connectivity index (χ3v) is 5.49. The van der Waals surface area contributed by atoms with Gasteiger partial charge in [0, 0.05) is 51.2 Å². The topological polar surface area (TPSA) is 45.6 Å². The van der Waals surface area contributed by atoms with E-state index < -0.39 is 0 Å². The van der Waals surface area contributed by atoms with Gasteiger partial charge >= 0.3 is 0 Å². The van der Waals surface area contributed by atoms with Gasteiger partial charge in [-0.25, -0.2) is 0 Å². The zero-order chi connectivity index (χ0) is 18.1. The van der Waals surface area contributed by atoms with Crippen LogP contribution in [-0.2, 0) is 19.9 Å². The van der Waals surface area contributed by atoms with Crippen LogP contribution >= 0.6 is 0 Å². The van der Waals surface area contributed by atoms with Crippen LogP contribution < -0.4 is 0 Å². The molecule has 1 fully saturated rings. The SMILES string of the molecule is Cn1ccc(C(=O)N2CCCN(C(=O)c3ccc4c(c3)CCC4)CC2)c1. The minimum atomic E-state index is 0.0532. The number of fused-ring (bicyclic) bond motifs is 1. The van der Waals surface area contributed by atoms with E-state index in [4.69, 9.17) is 0 Å². The Morgan fingerprint density at radius 2 is 1.50 bits per heavy atom. The monoisotopic (exact) mass is 351 g/mol. The van der Waals surface area contributed by atoms with Crippen LogP contribution in [0.5, 0.6) is 0 Å². The molecule has 1 aliphatic carbocycles. The average Bonchev–Trinajstić information content (AvgIpc) is 3.22. The molecule has 2 aromatic rings. The molecule has 1 aliphatic heterocycles. The summed E-state index contributed by atoms with van der Waals surface area (Å²) >= 11 is 0. The highest BCUT2D eigenvalue weighted by molar-refractivity contribution is 5.95. The molecule has 2 amide bonds. The van der Waals surface area contributed by atoms with Gasteiger partial charge in [0.25, 0.3) is 11.8 Å². The van der Waals surface area contributed by atoms with Crippen LogP contribution in [0.3, 0.4) is 0 Å². The quantitative estimate of drug-likeness (QED) is 0.835. The smallest absolute Gasteiger partial charge is 0.255 e. The molecule has 0 bridgehead atoms. The molecular formula is C21H25N3O2. The van der Waals surface area contributed by atoms with Crippen LogP contribution in [0, 0.1) is 0 Å². The Morgan fingerprint density at radius 1 is 0.808 bits per heavy atom. The van der Waals surface area contributed by atoms with E-state index in [9.17, 15) is 9.59 Å². The number of carbonyl (C=O) groups is 2. The van der Waals surface area contributed by atoms with Crippen LogP contribution in [0.15, 0.2) is 36.7 Å². The first-order chi connectivity index (χ1) is 12.6. The predicted molar refractivity (Wildman–Crippen MR) is 100 cm³/mol. The van der Waals surface area contributed by atoms with Crippen molar-refractivity contribution in [2.75, 3.05) is 26.2 Å². The second kappa shape index (κ2) is 6.98. The number of amides is 2. The summed E-state index contributed by atoms with van der Waals surface area (Å²) in [5, 5.41) is 0. The highest BCUT2D eigenvalue weighted by Crippen LogP contribution is 2.23. The summed E-state index contributed by atoms with van der Waals surface area (Å²) in [6, 6.07) is 7.99. The standard InChI is InChI=1S/C21H25N3O2/c1-22-11-8-19(15-22)21(26)24-10-3-9-23(12-13-24)20(25)18-7-6-16-4-2-5-17(16)14-18/h6-8,11,14-15H,2-5,9-10,12-13H2,1H3. The van der Waals surface area contributed by atoms with Crippen LogP contribution in [0.4, 0.5) is 0 Å². The average molecular weight is 351 g/mol. The number of benzene rings is 1. The van der Waals surface area contributed by atoms with Crippen molar-refractivity contribution in [3.63, 3.8) is 0 Å². The number of hydrogen-bond donors (Lipinski definition) is 0. The number of nitrogens with zero attached hydrogens (tertiary/aromatic N) is 3. The predicted octanol–water partition coefficient (Wildman–Crippen LogP) is 2.50. The van der Waals surface area contributed by atoms with Crippen molar-refractivity contribution in [1.82, 2.24) is 14.4 Å². The van der Waals surface area contributed by atoms with Crippen molar-refractivity contribution < 1.29 is 9.59 Å². The normalized spacial score (nSPS) is 17.1. The van der Waals surface area contributed by atoms with E-state index in [2.05, 4.69) is 12.1 Å². The van der Waals surface area contributed by atoms with E-state index in [1.165, 1.54) is 17.5 Å². The fourth-order valence-corrected chi connectivity index (χ4v) is 4.02. The molecule has 2 heterocycles. The summed E-state index contributed by atoms with van der Waals surface area (Å²) in [4.78, 5) is 29.3. The number of hydrogen-bond acceptors (Lipinski definition) is 2. The number of carbonyl (C=O) groups excluding carboxylic acids is 2. The highest BCUT2D eigenvalue weighted by Gasteiger charge is 2.24. The largest absolute Gasteiger partial charge is 0.356 e. The van der Waals surface area contributed by atoms with Gasteiger partial charge in [-0.2, -0.15) is 0 Å². The second-order valence-electron chi connectivity index (χ2n) is 7.34. The van der Waals surface area contributed by atoms with Gasteiger partial charge in [0.2, 0.25) is 0 Å². The molecule has 4 rings (SSSR count). The third-order valence-electron chi connectivity index (χ3n) is 5.49. The summed E-state index contributed by atoms with van der Waals surface area (Å²) < 4.78 is 1.88. The Kier molecular flexibility index (Phi) is 4.53. The van der Waals surface area contributed by atoms with Gasteiger partial charge in [-0.1, -0.05) is 6.07 Å². The molecule has 2 aliphatic rings. The lowest BCUT2D eigenvalue weighted by atomic mass is 10.1. The summed E-state index contributed by atoms with van der Waals surface area (Å²) in [5.74, 6) is 0.145. The summed E-state index contributed by atoms with van der Waals surface area (Å²) in [6.07, 6.45) is 7.94. The molecule has 0 spiro atoms. The first kappa shape index (κ1) is 16.9. The van der Waals surface area contributed by atoms with Crippen LogP contribution in [-0.4, -0.2) is 52.4 Å². The summed E-state index contributed by atoms with van der Waals surface area (Å²) in [6.45, 7) is 2.58. The minimum absolute atomic E-state index is 0.0532. The maximum Gasteiger partial charge on any atom is 0.255 e. The molecule has 0 radical (unpaired) electrons. The summed E-state index contributed by atoms with van der Waals surface area (Å²) in [5.41, 5.74) is 4.21. The maximum atomic E-state index is 12.9. The van der Waals surface area contributed by atoms with Gasteiger partial charge < -0.3 is 14.4 Å². The van der Waals surface area contributed by atoms with E-state index in [0.29, 0.717) is 31.7 Å². The molecule has 0 atom stereocenters. The zero-order valence-electron chi connectivity index (χ0n) is 15.3. The van der Waals surface area contributed by atoms with E-state index >= 15 is 0 Å². The Labute approximate surface area is 154 Å². The Hall–Kier alpha value is -2.56. The van der Waals surface area contributed by atoms with Gasteiger partial charge in [0.1, 0.15) is 0 Å². The van der Waals surface area contributed by atoms with E-state index in [-0.39, 0.29) is 11.8 Å². The first-order valence-corrected chi connectivity index (χ1v) is 9.44. The molecule has 5 heteroatoms. The lowest BCUT2D eigenvalue weighted by molar-refractivity contribution is 0.0718. The van der Waals surface area contributed by atoms with Crippen LogP contribution in [0.25, 0.3) is 0 Å². The molecule has 1 aromatic heterocycles. The van der Waals surface area contributed by atoms with Gasteiger partial charge in [0.15, 0.2) is 0 Å². The van der Waals surface area contributed by atoms with Crippen molar-refractivity contribution in [1.29, 1.82) is 0 Å². The van der Waals surface area contributed by atoms with Gasteiger partial charge in [-0.15, -0.1) is 0 Å². The lowest BCUT2D eigenvalue weighted by Crippen LogP contribution is -2.37. The second-order valence-corrected chi connectivity index (χ2v) is 7.34. The maximum absolute atomic E-state index is 12.9. The van der Waals surface area contributed by atoms with Gasteiger partial charge in [-0.05, 0) is 55.0 Å². The molecule has 1 aromatic carbocycles. The minimum Gasteiger partial charge on any atom is -0.356 e. The summed E-state index contributed by atoms with van der Waals surface area (Å²) in [7, 11) is 1.91. The van der Waals surface area contributed by atoms with Crippen molar-refractivity contribution in [2.24, 2.45) is 7.05 Å². The molecule has 0 saturated carbocycles. The van der Waals surface area contributed by atoms with Crippen molar-refractivity contribution in [3.8, 4) is 0 Å². The first-order valence-electron chi connectivity index (χ1n) is 9.44. The van der Waals surface area contributed by atoms with Crippen molar-refractivity contribution in [2.45, 2.75) is 25.7 Å². The molecule has 0 N–H and O–H groups in total. The number of aryl methyl sites for hydroxylation is 3. The Bertz CT molecular complexity index is 840. The van der Waals surface area contributed by atoms with E-state index in [1.807, 2.05) is 45.9 Å². The van der Waals surface area contributed by atoms with Crippen molar-refractivity contribution >= 4 is 11.8 Å². The van der Waals surface area contributed by atoms with Crippen molar-refractivity contribution in [3.05, 3.63) is 58.9 Å². The lowest BCUT2D eigenvalue weighted by Gasteiger charge is -2.22. The molecule has 1 saturated heterocycles. The molecule has 136 valence electrons. The van der Waals surface area contributed by atoms with Gasteiger partial charge in [-0.3, -0.25) is 9.59 Å². The fourth-order valence-electron chi connectivity index (χ4n) is 4.02.